The number of H-pyrrole nitrogens is 1. The Morgan fingerprint density at radius 1 is 1.47 bits per heavy atom. The summed E-state index contributed by atoms with van der Waals surface area (Å²) in [6.07, 6.45) is 2.35. The molecule has 0 aliphatic heterocycles. The predicted octanol–water partition coefficient (Wildman–Crippen LogP) is 1.24. The topological polar surface area (TPSA) is 63.6 Å². The van der Waals surface area contributed by atoms with Gasteiger partial charge >= 0.3 is 0 Å². The van der Waals surface area contributed by atoms with Crippen molar-refractivity contribution in [3.05, 3.63) is 23.4 Å². The molecule has 0 aliphatic rings. The molecule has 0 spiro atoms. The lowest BCUT2D eigenvalue weighted by Gasteiger charge is -1.97. The van der Waals surface area contributed by atoms with Gasteiger partial charge in [0.25, 0.3) is 0 Å². The van der Waals surface area contributed by atoms with Gasteiger partial charge in [-0.3, -0.25) is 9.48 Å². The number of carbonyl (C=O) groups excluding carboxylic acids is 1. The van der Waals surface area contributed by atoms with Crippen LogP contribution in [-0.4, -0.2) is 26.0 Å². The van der Waals surface area contributed by atoms with Gasteiger partial charge in [-0.25, -0.2) is 4.98 Å². The van der Waals surface area contributed by atoms with Crippen molar-refractivity contribution in [3.8, 4) is 11.3 Å². The Morgan fingerprint density at radius 3 is 2.67 bits per heavy atom. The maximum Gasteiger partial charge on any atom is 0.185 e. The van der Waals surface area contributed by atoms with Crippen molar-refractivity contribution >= 4 is 6.29 Å². The van der Waals surface area contributed by atoms with Crippen LogP contribution in [-0.2, 0) is 7.05 Å². The quantitative estimate of drug-likeness (QED) is 0.748. The van der Waals surface area contributed by atoms with Crippen LogP contribution in [0.2, 0.25) is 0 Å². The van der Waals surface area contributed by atoms with Gasteiger partial charge in [-0.1, -0.05) is 0 Å². The summed E-state index contributed by atoms with van der Waals surface area (Å²) in [5, 5.41) is 4.30. The van der Waals surface area contributed by atoms with Crippen molar-refractivity contribution in [2.45, 2.75) is 13.8 Å². The van der Waals surface area contributed by atoms with Gasteiger partial charge in [0, 0.05) is 18.3 Å². The van der Waals surface area contributed by atoms with Gasteiger partial charge < -0.3 is 4.98 Å². The van der Waals surface area contributed by atoms with Gasteiger partial charge in [0.1, 0.15) is 0 Å². The molecule has 5 nitrogen and oxygen atoms in total. The average molecular weight is 204 g/mol. The van der Waals surface area contributed by atoms with Crippen LogP contribution in [0.1, 0.15) is 22.0 Å². The maximum atomic E-state index is 10.5. The van der Waals surface area contributed by atoms with Gasteiger partial charge in [-0.15, -0.1) is 0 Å². The Morgan fingerprint density at radius 2 is 2.20 bits per heavy atom. The Hall–Kier alpha value is -1.91. The van der Waals surface area contributed by atoms with Gasteiger partial charge in [0.15, 0.2) is 12.1 Å². The first-order valence-electron chi connectivity index (χ1n) is 4.64. The molecule has 0 saturated carbocycles. The molecule has 2 heterocycles. The molecule has 2 rings (SSSR count). The summed E-state index contributed by atoms with van der Waals surface area (Å²) < 4.78 is 1.81. The molecule has 5 heteroatoms. The van der Waals surface area contributed by atoms with Crippen LogP contribution in [0, 0.1) is 13.8 Å². The molecule has 0 atom stereocenters. The minimum absolute atomic E-state index is 0.340. The zero-order chi connectivity index (χ0) is 11.0. The Balaban J connectivity index is 2.57. The van der Waals surface area contributed by atoms with Gasteiger partial charge in [-0.05, 0) is 13.8 Å². The fourth-order valence-electron chi connectivity index (χ4n) is 1.69. The van der Waals surface area contributed by atoms with Gasteiger partial charge in [0.2, 0.25) is 0 Å². The number of nitrogens with zero attached hydrogens (tertiary/aromatic N) is 3. The summed E-state index contributed by atoms with van der Waals surface area (Å²) in [7, 11) is 1.89. The van der Waals surface area contributed by atoms with Gasteiger partial charge in [-0.2, -0.15) is 5.10 Å². The third kappa shape index (κ3) is 1.45. The minimum Gasteiger partial charge on any atom is -0.336 e. The second-order valence-electron chi connectivity index (χ2n) is 3.47. The highest BCUT2D eigenvalue weighted by Crippen LogP contribution is 2.24. The van der Waals surface area contributed by atoms with E-state index in [1.807, 2.05) is 25.6 Å². The highest BCUT2D eigenvalue weighted by molar-refractivity contribution is 5.73. The highest BCUT2D eigenvalue weighted by Gasteiger charge is 2.13. The second kappa shape index (κ2) is 3.34. The number of aldehydes is 1. The molecule has 15 heavy (non-hydrogen) atoms. The zero-order valence-corrected chi connectivity index (χ0v) is 8.90. The molecule has 0 aromatic carbocycles. The molecule has 0 unspecified atom stereocenters. The van der Waals surface area contributed by atoms with E-state index in [1.165, 1.54) is 0 Å². The number of hydrogen-bond acceptors (Lipinski definition) is 3. The van der Waals surface area contributed by atoms with Crippen molar-refractivity contribution in [3.63, 3.8) is 0 Å². The third-order valence-corrected chi connectivity index (χ3v) is 2.49. The van der Waals surface area contributed by atoms with Crippen LogP contribution >= 0.6 is 0 Å². The van der Waals surface area contributed by atoms with Crippen molar-refractivity contribution in [1.82, 2.24) is 19.7 Å². The maximum absolute atomic E-state index is 10.5. The standard InChI is InChI=1S/C10H12N4O/c1-6-10(7(2)14(3)13-6)8-4-11-9(5-15)12-8/h4-5H,1-3H3,(H,11,12). The molecule has 0 bridgehead atoms. The van der Waals surface area contributed by atoms with Crippen LogP contribution in [0.4, 0.5) is 0 Å². The number of aryl methyl sites for hydroxylation is 2. The van der Waals surface area contributed by atoms with E-state index in [-0.39, 0.29) is 0 Å². The first-order valence-corrected chi connectivity index (χ1v) is 4.64. The van der Waals surface area contributed by atoms with E-state index in [1.54, 1.807) is 6.20 Å². The predicted molar refractivity (Wildman–Crippen MR) is 55.7 cm³/mol. The number of imidazole rings is 1. The normalized spacial score (nSPS) is 10.6. The summed E-state index contributed by atoms with van der Waals surface area (Å²) in [5.41, 5.74) is 3.82. The Bertz CT molecular complexity index is 509. The van der Waals surface area contributed by atoms with E-state index in [2.05, 4.69) is 15.1 Å². The van der Waals surface area contributed by atoms with Crippen LogP contribution < -0.4 is 0 Å². The van der Waals surface area contributed by atoms with E-state index in [4.69, 9.17) is 0 Å². The lowest BCUT2D eigenvalue weighted by atomic mass is 10.1. The number of rotatable bonds is 2. The molecule has 0 radical (unpaired) electrons. The lowest BCUT2D eigenvalue weighted by Crippen LogP contribution is -1.92. The number of aromatic nitrogens is 4. The van der Waals surface area contributed by atoms with E-state index in [0.717, 1.165) is 22.6 Å². The Kier molecular flexibility index (Phi) is 2.15. The van der Waals surface area contributed by atoms with E-state index in [9.17, 15) is 4.79 Å². The number of aromatic amines is 1. The van der Waals surface area contributed by atoms with E-state index in [0.29, 0.717) is 12.1 Å². The number of carbonyl (C=O) groups is 1. The van der Waals surface area contributed by atoms with Crippen LogP contribution in [0.15, 0.2) is 6.20 Å². The fraction of sp³-hybridized carbons (Fsp3) is 0.300. The van der Waals surface area contributed by atoms with Crippen molar-refractivity contribution in [1.29, 1.82) is 0 Å². The summed E-state index contributed by atoms with van der Waals surface area (Å²) in [6.45, 7) is 3.92. The zero-order valence-electron chi connectivity index (χ0n) is 8.90. The lowest BCUT2D eigenvalue weighted by molar-refractivity contribution is 0.111. The van der Waals surface area contributed by atoms with Crippen LogP contribution in [0.25, 0.3) is 11.3 Å². The van der Waals surface area contributed by atoms with Gasteiger partial charge in [0.05, 0.1) is 17.6 Å². The monoisotopic (exact) mass is 204 g/mol. The molecule has 78 valence electrons. The van der Waals surface area contributed by atoms with Crippen LogP contribution in [0.3, 0.4) is 0 Å². The van der Waals surface area contributed by atoms with Crippen LogP contribution in [0.5, 0.6) is 0 Å². The van der Waals surface area contributed by atoms with Crippen molar-refractivity contribution in [2.24, 2.45) is 7.05 Å². The molecule has 0 saturated heterocycles. The molecule has 0 aliphatic carbocycles. The highest BCUT2D eigenvalue weighted by atomic mass is 16.1. The largest absolute Gasteiger partial charge is 0.336 e. The van der Waals surface area contributed by atoms with E-state index >= 15 is 0 Å². The number of hydrogen-bond donors (Lipinski definition) is 1. The van der Waals surface area contributed by atoms with E-state index < -0.39 is 0 Å². The summed E-state index contributed by atoms with van der Waals surface area (Å²) >= 11 is 0. The second-order valence-corrected chi connectivity index (χ2v) is 3.47. The fourth-order valence-corrected chi connectivity index (χ4v) is 1.69. The molecule has 0 amide bonds. The third-order valence-electron chi connectivity index (χ3n) is 2.49. The summed E-state index contributed by atoms with van der Waals surface area (Å²) in [4.78, 5) is 17.4. The van der Waals surface area contributed by atoms with Crippen molar-refractivity contribution in [2.75, 3.05) is 0 Å². The molecule has 0 fully saturated rings. The molecular formula is C10H12N4O. The number of nitrogens with one attached hydrogen (secondary N) is 1. The SMILES string of the molecule is Cc1nn(C)c(C)c1-c1cnc(C=O)[nH]1. The molecule has 2 aromatic rings. The summed E-state index contributed by atoms with van der Waals surface area (Å²) in [6, 6.07) is 0. The summed E-state index contributed by atoms with van der Waals surface area (Å²) in [5.74, 6) is 0.340. The Labute approximate surface area is 87.1 Å². The minimum atomic E-state index is 0.340. The molecule has 1 N–H and O–H groups in total. The smallest absolute Gasteiger partial charge is 0.185 e. The first-order chi connectivity index (χ1) is 7.13. The molecule has 2 aromatic heterocycles. The van der Waals surface area contributed by atoms with Crippen molar-refractivity contribution < 1.29 is 4.79 Å². The molecular weight excluding hydrogens is 192 g/mol. The average Bonchev–Trinajstić information content (AvgIpc) is 2.74. The first kappa shape index (κ1) is 9.64.